The van der Waals surface area contributed by atoms with Gasteiger partial charge in [-0.25, -0.2) is 4.79 Å². The third-order valence-corrected chi connectivity index (χ3v) is 3.45. The highest BCUT2D eigenvalue weighted by Gasteiger charge is 2.19. The Bertz CT molecular complexity index is 616. The van der Waals surface area contributed by atoms with Crippen LogP contribution in [0.4, 0.5) is 10.5 Å². The number of nitrogens with one attached hydrogen (secondary N) is 2. The van der Waals surface area contributed by atoms with E-state index in [1.54, 1.807) is 24.5 Å². The highest BCUT2D eigenvalue weighted by molar-refractivity contribution is 5.89. The molecule has 0 unspecified atom stereocenters. The molecule has 1 aliphatic rings. The summed E-state index contributed by atoms with van der Waals surface area (Å²) in [6.45, 7) is 1.22. The summed E-state index contributed by atoms with van der Waals surface area (Å²) in [5.74, 6) is 1.25. The summed E-state index contributed by atoms with van der Waals surface area (Å²) in [5, 5.41) is 5.65. The van der Waals surface area contributed by atoms with Gasteiger partial charge in [0.2, 0.25) is 0 Å². The fourth-order valence-electron chi connectivity index (χ4n) is 2.37. The molecular formula is C16H17N3O2. The van der Waals surface area contributed by atoms with Gasteiger partial charge < -0.3 is 15.4 Å². The maximum absolute atomic E-state index is 11.8. The first-order chi connectivity index (χ1) is 10.3. The van der Waals surface area contributed by atoms with Gasteiger partial charge in [-0.05, 0) is 30.2 Å². The van der Waals surface area contributed by atoms with Crippen molar-refractivity contribution >= 4 is 11.7 Å². The maximum Gasteiger partial charge on any atom is 0.319 e. The van der Waals surface area contributed by atoms with Crippen molar-refractivity contribution < 1.29 is 9.53 Å². The van der Waals surface area contributed by atoms with Gasteiger partial charge in [-0.3, -0.25) is 4.98 Å². The zero-order chi connectivity index (χ0) is 14.5. The largest absolute Gasteiger partial charge is 0.493 e. The Morgan fingerprint density at radius 1 is 1.24 bits per heavy atom. The standard InChI is InChI=1S/C16H17N3O2/c20-16(19-14-5-7-17-8-6-14)18-10-12-9-13-3-1-2-4-15(13)21-11-12/h1-8,12H,9-11H2,(H2,17,18,19,20)/t12-/m0/s1. The SMILES string of the molecule is O=C(NC[C@H]1COc2ccccc2C1)Nc1ccncc1. The van der Waals surface area contributed by atoms with E-state index in [1.807, 2.05) is 18.2 Å². The van der Waals surface area contributed by atoms with Crippen LogP contribution in [0.5, 0.6) is 5.75 Å². The fraction of sp³-hybridized carbons (Fsp3) is 0.250. The monoisotopic (exact) mass is 283 g/mol. The number of ether oxygens (including phenoxy) is 1. The smallest absolute Gasteiger partial charge is 0.319 e. The van der Waals surface area contributed by atoms with Crippen molar-refractivity contribution in [3.05, 3.63) is 54.4 Å². The number of hydrogen-bond acceptors (Lipinski definition) is 3. The van der Waals surface area contributed by atoms with Gasteiger partial charge in [0.1, 0.15) is 5.75 Å². The number of hydrogen-bond donors (Lipinski definition) is 2. The summed E-state index contributed by atoms with van der Waals surface area (Å²) < 4.78 is 5.71. The first-order valence-electron chi connectivity index (χ1n) is 6.97. The van der Waals surface area contributed by atoms with Crippen molar-refractivity contribution in [2.24, 2.45) is 5.92 Å². The molecule has 3 rings (SSSR count). The minimum absolute atomic E-state index is 0.208. The molecule has 1 atom stereocenters. The van der Waals surface area contributed by atoms with Crippen LogP contribution in [-0.2, 0) is 6.42 Å². The maximum atomic E-state index is 11.8. The molecule has 2 N–H and O–H groups in total. The molecule has 108 valence electrons. The second-order valence-electron chi connectivity index (χ2n) is 5.06. The number of urea groups is 1. The first-order valence-corrected chi connectivity index (χ1v) is 6.97. The van der Waals surface area contributed by atoms with E-state index in [1.165, 1.54) is 5.56 Å². The summed E-state index contributed by atoms with van der Waals surface area (Å²) >= 11 is 0. The lowest BCUT2D eigenvalue weighted by Crippen LogP contribution is -2.37. The number of benzene rings is 1. The molecule has 0 saturated carbocycles. The Balaban J connectivity index is 1.49. The van der Waals surface area contributed by atoms with E-state index in [2.05, 4.69) is 21.7 Å². The predicted molar refractivity (Wildman–Crippen MR) is 80.4 cm³/mol. The third-order valence-electron chi connectivity index (χ3n) is 3.45. The van der Waals surface area contributed by atoms with Crippen molar-refractivity contribution in [2.45, 2.75) is 6.42 Å². The quantitative estimate of drug-likeness (QED) is 0.909. The Morgan fingerprint density at radius 2 is 2.05 bits per heavy atom. The summed E-state index contributed by atoms with van der Waals surface area (Å²) in [7, 11) is 0. The molecule has 2 heterocycles. The highest BCUT2D eigenvalue weighted by atomic mass is 16.5. The zero-order valence-corrected chi connectivity index (χ0v) is 11.6. The number of amides is 2. The molecule has 1 aromatic carbocycles. The molecular weight excluding hydrogens is 266 g/mol. The zero-order valence-electron chi connectivity index (χ0n) is 11.6. The molecule has 0 fully saturated rings. The van der Waals surface area contributed by atoms with E-state index in [4.69, 9.17) is 4.74 Å². The van der Waals surface area contributed by atoms with E-state index < -0.39 is 0 Å². The molecule has 0 spiro atoms. The van der Waals surface area contributed by atoms with Gasteiger partial charge >= 0.3 is 6.03 Å². The van der Waals surface area contributed by atoms with Crippen molar-refractivity contribution in [3.63, 3.8) is 0 Å². The topological polar surface area (TPSA) is 63.2 Å². The van der Waals surface area contributed by atoms with E-state index in [-0.39, 0.29) is 6.03 Å². The second kappa shape index (κ2) is 6.26. The number of para-hydroxylation sites is 1. The Hall–Kier alpha value is -2.56. The van der Waals surface area contributed by atoms with Gasteiger partial charge in [-0.2, -0.15) is 0 Å². The van der Waals surface area contributed by atoms with E-state index in [0.717, 1.165) is 17.9 Å². The minimum Gasteiger partial charge on any atom is -0.493 e. The lowest BCUT2D eigenvalue weighted by atomic mass is 9.97. The number of carbonyl (C=O) groups excluding carboxylic acids is 1. The molecule has 0 saturated heterocycles. The van der Waals surface area contributed by atoms with Gasteiger partial charge in [0.25, 0.3) is 0 Å². The number of carbonyl (C=O) groups is 1. The predicted octanol–water partition coefficient (Wildman–Crippen LogP) is 2.45. The number of pyridine rings is 1. The van der Waals surface area contributed by atoms with Crippen LogP contribution < -0.4 is 15.4 Å². The summed E-state index contributed by atoms with van der Waals surface area (Å²) in [4.78, 5) is 15.7. The third kappa shape index (κ3) is 3.51. The molecule has 1 aliphatic heterocycles. The molecule has 21 heavy (non-hydrogen) atoms. The van der Waals surface area contributed by atoms with Gasteiger partial charge in [0.15, 0.2) is 0 Å². The summed E-state index contributed by atoms with van der Waals surface area (Å²) in [6.07, 6.45) is 4.20. The van der Waals surface area contributed by atoms with Gasteiger partial charge in [-0.15, -0.1) is 0 Å². The van der Waals surface area contributed by atoms with Crippen LogP contribution >= 0.6 is 0 Å². The summed E-state index contributed by atoms with van der Waals surface area (Å²) in [6, 6.07) is 11.3. The highest BCUT2D eigenvalue weighted by Crippen LogP contribution is 2.26. The van der Waals surface area contributed by atoms with Crippen molar-refractivity contribution in [1.82, 2.24) is 10.3 Å². The van der Waals surface area contributed by atoms with Crippen molar-refractivity contribution in [2.75, 3.05) is 18.5 Å². The average Bonchev–Trinajstić information content (AvgIpc) is 2.54. The molecule has 0 radical (unpaired) electrons. The van der Waals surface area contributed by atoms with Gasteiger partial charge in [0.05, 0.1) is 6.61 Å². The van der Waals surface area contributed by atoms with Crippen LogP contribution in [0.1, 0.15) is 5.56 Å². The number of nitrogens with zero attached hydrogens (tertiary/aromatic N) is 1. The lowest BCUT2D eigenvalue weighted by molar-refractivity contribution is 0.215. The normalized spacial score (nSPS) is 16.5. The number of aromatic nitrogens is 1. The molecule has 1 aromatic heterocycles. The molecule has 5 heteroatoms. The van der Waals surface area contributed by atoms with Gasteiger partial charge in [-0.1, -0.05) is 18.2 Å². The Kier molecular flexibility index (Phi) is 4.00. The van der Waals surface area contributed by atoms with E-state index in [9.17, 15) is 4.79 Å². The molecule has 0 aliphatic carbocycles. The second-order valence-corrected chi connectivity index (χ2v) is 5.06. The van der Waals surface area contributed by atoms with Crippen LogP contribution in [0.3, 0.4) is 0 Å². The van der Waals surface area contributed by atoms with Crippen LogP contribution in [0, 0.1) is 5.92 Å². The molecule has 2 amide bonds. The Labute approximate surface area is 123 Å². The van der Waals surface area contributed by atoms with Gasteiger partial charge in [0, 0.05) is 30.5 Å². The van der Waals surface area contributed by atoms with Crippen molar-refractivity contribution in [3.8, 4) is 5.75 Å². The summed E-state index contributed by atoms with van der Waals surface area (Å²) in [5.41, 5.74) is 1.93. The van der Waals surface area contributed by atoms with Crippen LogP contribution in [0.25, 0.3) is 0 Å². The van der Waals surface area contributed by atoms with Crippen LogP contribution in [0.2, 0.25) is 0 Å². The Morgan fingerprint density at radius 3 is 2.90 bits per heavy atom. The van der Waals surface area contributed by atoms with Crippen molar-refractivity contribution in [1.29, 1.82) is 0 Å². The first kappa shape index (κ1) is 13.4. The molecule has 5 nitrogen and oxygen atoms in total. The van der Waals surface area contributed by atoms with Crippen LogP contribution in [0.15, 0.2) is 48.8 Å². The fourth-order valence-corrected chi connectivity index (χ4v) is 2.37. The van der Waals surface area contributed by atoms with E-state index >= 15 is 0 Å². The number of fused-ring (bicyclic) bond motifs is 1. The molecule has 0 bridgehead atoms. The minimum atomic E-state index is -0.208. The van der Waals surface area contributed by atoms with E-state index in [0.29, 0.717) is 19.1 Å². The lowest BCUT2D eigenvalue weighted by Gasteiger charge is -2.25. The molecule has 2 aromatic rings. The number of rotatable bonds is 3. The number of anilines is 1. The average molecular weight is 283 g/mol. The van der Waals surface area contributed by atoms with Crippen LogP contribution in [-0.4, -0.2) is 24.2 Å².